The van der Waals surface area contributed by atoms with E-state index in [2.05, 4.69) is 45.0 Å². The highest BCUT2D eigenvalue weighted by Gasteiger charge is 2.12. The molecule has 0 bridgehead atoms. The van der Waals surface area contributed by atoms with Crippen LogP contribution in [-0.2, 0) is 10.2 Å². The van der Waals surface area contributed by atoms with Crippen LogP contribution < -0.4 is 0 Å². The minimum atomic E-state index is 0.125. The molecular formula is C15H20O. The Labute approximate surface area is 98.2 Å². The molecule has 0 aromatic heterocycles. The molecular weight excluding hydrogens is 196 g/mol. The van der Waals surface area contributed by atoms with E-state index in [0.717, 1.165) is 11.1 Å². The molecule has 0 radical (unpaired) electrons. The molecule has 0 amide bonds. The van der Waals surface area contributed by atoms with Crippen LogP contribution in [0.1, 0.15) is 45.7 Å². The SMILES string of the molecule is CC(=O)/C(C)=C\c1ccc(C(C)(C)C)cc1. The van der Waals surface area contributed by atoms with Crippen molar-refractivity contribution in [3.8, 4) is 0 Å². The molecule has 0 heterocycles. The van der Waals surface area contributed by atoms with Crippen molar-refractivity contribution in [2.75, 3.05) is 0 Å². The molecule has 0 aliphatic rings. The standard InChI is InChI=1S/C15H20O/c1-11(12(2)16)10-13-6-8-14(9-7-13)15(3,4)5/h6-10H,1-5H3/b11-10-. The Kier molecular flexibility index (Phi) is 3.69. The van der Waals surface area contributed by atoms with Crippen LogP contribution in [0, 0.1) is 0 Å². The van der Waals surface area contributed by atoms with Crippen LogP contribution in [0.4, 0.5) is 0 Å². The number of carbonyl (C=O) groups excluding carboxylic acids is 1. The molecule has 1 rings (SSSR count). The van der Waals surface area contributed by atoms with E-state index >= 15 is 0 Å². The van der Waals surface area contributed by atoms with Crippen LogP contribution in [0.5, 0.6) is 0 Å². The van der Waals surface area contributed by atoms with Gasteiger partial charge in [0.05, 0.1) is 0 Å². The molecule has 1 heteroatoms. The zero-order chi connectivity index (χ0) is 12.3. The van der Waals surface area contributed by atoms with Gasteiger partial charge in [0.25, 0.3) is 0 Å². The van der Waals surface area contributed by atoms with Crippen molar-refractivity contribution < 1.29 is 4.79 Å². The van der Waals surface area contributed by atoms with E-state index in [-0.39, 0.29) is 11.2 Å². The lowest BCUT2D eigenvalue weighted by Crippen LogP contribution is -2.10. The first kappa shape index (κ1) is 12.7. The van der Waals surface area contributed by atoms with Crippen molar-refractivity contribution in [3.05, 3.63) is 41.0 Å². The maximum Gasteiger partial charge on any atom is 0.155 e. The van der Waals surface area contributed by atoms with Crippen molar-refractivity contribution >= 4 is 11.9 Å². The van der Waals surface area contributed by atoms with Crippen LogP contribution in [0.15, 0.2) is 29.8 Å². The van der Waals surface area contributed by atoms with Crippen molar-refractivity contribution in [3.63, 3.8) is 0 Å². The van der Waals surface area contributed by atoms with Gasteiger partial charge < -0.3 is 0 Å². The van der Waals surface area contributed by atoms with E-state index in [1.165, 1.54) is 5.56 Å². The summed E-state index contributed by atoms with van der Waals surface area (Å²) >= 11 is 0. The second-order valence-corrected chi connectivity index (χ2v) is 5.26. The number of benzene rings is 1. The Morgan fingerprint density at radius 1 is 1.06 bits per heavy atom. The third-order valence-corrected chi connectivity index (χ3v) is 2.72. The molecule has 0 saturated heterocycles. The summed E-state index contributed by atoms with van der Waals surface area (Å²) in [6.45, 7) is 10.0. The molecule has 0 atom stereocenters. The molecule has 0 unspecified atom stereocenters. The molecule has 0 saturated carbocycles. The predicted molar refractivity (Wildman–Crippen MR) is 69.5 cm³/mol. The highest BCUT2D eigenvalue weighted by molar-refractivity contribution is 5.97. The van der Waals surface area contributed by atoms with Gasteiger partial charge in [-0.3, -0.25) is 4.79 Å². The molecule has 0 fully saturated rings. The summed E-state index contributed by atoms with van der Waals surface area (Å²) < 4.78 is 0. The molecule has 16 heavy (non-hydrogen) atoms. The first-order valence-electron chi connectivity index (χ1n) is 5.60. The van der Waals surface area contributed by atoms with E-state index in [4.69, 9.17) is 0 Å². The monoisotopic (exact) mass is 216 g/mol. The largest absolute Gasteiger partial charge is 0.295 e. The lowest BCUT2D eigenvalue weighted by molar-refractivity contribution is -0.113. The van der Waals surface area contributed by atoms with Crippen LogP contribution >= 0.6 is 0 Å². The van der Waals surface area contributed by atoms with Crippen LogP contribution in [-0.4, -0.2) is 5.78 Å². The van der Waals surface area contributed by atoms with E-state index in [0.29, 0.717) is 0 Å². The predicted octanol–water partition coefficient (Wildman–Crippen LogP) is 3.98. The van der Waals surface area contributed by atoms with Gasteiger partial charge >= 0.3 is 0 Å². The Hall–Kier alpha value is -1.37. The Morgan fingerprint density at radius 3 is 1.94 bits per heavy atom. The fourth-order valence-electron chi connectivity index (χ4n) is 1.43. The molecule has 1 aromatic carbocycles. The van der Waals surface area contributed by atoms with E-state index < -0.39 is 0 Å². The number of Topliss-reactive ketones (excluding diaryl/α,β-unsaturated/α-hetero) is 1. The molecule has 0 aliphatic heterocycles. The molecule has 0 aliphatic carbocycles. The van der Waals surface area contributed by atoms with E-state index in [1.54, 1.807) is 6.92 Å². The quantitative estimate of drug-likeness (QED) is 0.683. The zero-order valence-electron chi connectivity index (χ0n) is 10.8. The molecule has 86 valence electrons. The lowest BCUT2D eigenvalue weighted by Gasteiger charge is -2.18. The molecule has 0 spiro atoms. The summed E-state index contributed by atoms with van der Waals surface area (Å²) in [6, 6.07) is 8.37. The number of carbonyl (C=O) groups is 1. The van der Waals surface area contributed by atoms with Crippen molar-refractivity contribution in [1.82, 2.24) is 0 Å². The van der Waals surface area contributed by atoms with Crippen molar-refractivity contribution in [2.24, 2.45) is 0 Å². The maximum absolute atomic E-state index is 11.1. The first-order chi connectivity index (χ1) is 7.30. The van der Waals surface area contributed by atoms with Gasteiger partial charge in [0.2, 0.25) is 0 Å². The molecule has 1 aromatic rings. The van der Waals surface area contributed by atoms with Gasteiger partial charge in [-0.15, -0.1) is 0 Å². The number of ketones is 1. The zero-order valence-corrected chi connectivity index (χ0v) is 10.8. The van der Waals surface area contributed by atoms with Crippen molar-refractivity contribution in [2.45, 2.75) is 40.0 Å². The smallest absolute Gasteiger partial charge is 0.155 e. The average molecular weight is 216 g/mol. The highest BCUT2D eigenvalue weighted by atomic mass is 16.1. The van der Waals surface area contributed by atoms with Crippen LogP contribution in [0.3, 0.4) is 0 Å². The second-order valence-electron chi connectivity index (χ2n) is 5.26. The normalized spacial score (nSPS) is 12.7. The van der Waals surface area contributed by atoms with Gasteiger partial charge in [0.1, 0.15) is 0 Å². The molecule has 1 nitrogen and oxygen atoms in total. The number of rotatable bonds is 2. The third-order valence-electron chi connectivity index (χ3n) is 2.72. The van der Waals surface area contributed by atoms with Gasteiger partial charge in [-0.1, -0.05) is 45.0 Å². The molecule has 0 N–H and O–H groups in total. The number of allylic oxidation sites excluding steroid dienone is 1. The maximum atomic E-state index is 11.1. The summed E-state index contributed by atoms with van der Waals surface area (Å²) in [5.41, 5.74) is 3.37. The summed E-state index contributed by atoms with van der Waals surface area (Å²) in [5, 5.41) is 0. The Balaban J connectivity index is 2.97. The Bertz CT molecular complexity index is 402. The summed E-state index contributed by atoms with van der Waals surface area (Å²) in [5.74, 6) is 0.125. The number of hydrogen-bond acceptors (Lipinski definition) is 1. The van der Waals surface area contributed by atoms with E-state index in [1.807, 2.05) is 13.0 Å². The number of hydrogen-bond donors (Lipinski definition) is 0. The van der Waals surface area contributed by atoms with Crippen molar-refractivity contribution in [1.29, 1.82) is 0 Å². The highest BCUT2D eigenvalue weighted by Crippen LogP contribution is 2.22. The van der Waals surface area contributed by atoms with Gasteiger partial charge in [0, 0.05) is 0 Å². The first-order valence-corrected chi connectivity index (χ1v) is 5.60. The van der Waals surface area contributed by atoms with Gasteiger partial charge in [-0.05, 0) is 42.0 Å². The fraction of sp³-hybridized carbons (Fsp3) is 0.400. The average Bonchev–Trinajstić information content (AvgIpc) is 2.17. The Morgan fingerprint density at radius 2 is 1.56 bits per heavy atom. The van der Waals surface area contributed by atoms with Crippen LogP contribution in [0.25, 0.3) is 6.08 Å². The second kappa shape index (κ2) is 4.65. The van der Waals surface area contributed by atoms with Crippen LogP contribution in [0.2, 0.25) is 0 Å². The summed E-state index contributed by atoms with van der Waals surface area (Å²) in [7, 11) is 0. The fourth-order valence-corrected chi connectivity index (χ4v) is 1.43. The minimum absolute atomic E-state index is 0.125. The van der Waals surface area contributed by atoms with Gasteiger partial charge in [-0.2, -0.15) is 0 Å². The minimum Gasteiger partial charge on any atom is -0.295 e. The summed E-state index contributed by atoms with van der Waals surface area (Å²) in [6.07, 6.45) is 1.93. The van der Waals surface area contributed by atoms with E-state index in [9.17, 15) is 4.79 Å². The lowest BCUT2D eigenvalue weighted by atomic mass is 9.86. The topological polar surface area (TPSA) is 17.1 Å². The van der Waals surface area contributed by atoms with Gasteiger partial charge in [-0.25, -0.2) is 0 Å². The third kappa shape index (κ3) is 3.34. The van der Waals surface area contributed by atoms with Gasteiger partial charge in [0.15, 0.2) is 5.78 Å². The summed E-state index contributed by atoms with van der Waals surface area (Å²) in [4.78, 5) is 11.1.